The maximum atomic E-state index is 14.9. The maximum Gasteiger partial charge on any atom is 0.175 e. The molecule has 0 aliphatic rings. The van der Waals surface area contributed by atoms with Gasteiger partial charge in [0.2, 0.25) is 0 Å². The molecule has 0 saturated carbocycles. The molecule has 2 heterocycles. The third-order valence-corrected chi connectivity index (χ3v) is 8.18. The molecule has 9 nitrogen and oxygen atoms in total. The van der Waals surface area contributed by atoms with Gasteiger partial charge in [-0.2, -0.15) is 5.26 Å². The average molecular weight is 617 g/mol. The van der Waals surface area contributed by atoms with E-state index < -0.39 is 21.7 Å². The van der Waals surface area contributed by atoms with Crippen molar-refractivity contribution in [1.29, 1.82) is 5.26 Å². The molecule has 0 bridgehead atoms. The summed E-state index contributed by atoms with van der Waals surface area (Å²) in [7, 11) is -3.48. The van der Waals surface area contributed by atoms with Crippen molar-refractivity contribution in [2.75, 3.05) is 16.9 Å². The van der Waals surface area contributed by atoms with Gasteiger partial charge >= 0.3 is 0 Å². The monoisotopic (exact) mass is 615 g/mol. The number of anilines is 3. The Morgan fingerprint density at radius 2 is 1.90 bits per heavy atom. The molecule has 0 amide bonds. The van der Waals surface area contributed by atoms with Crippen LogP contribution < -0.4 is 10.6 Å². The summed E-state index contributed by atoms with van der Waals surface area (Å²) >= 11 is 18.5. The number of fused-ring (bicyclic) bond motifs is 1. The minimum absolute atomic E-state index is 0.00838. The Balaban J connectivity index is 1.64. The van der Waals surface area contributed by atoms with Crippen LogP contribution in [0.3, 0.4) is 0 Å². The molecule has 0 spiro atoms. The predicted molar refractivity (Wildman–Crippen MR) is 153 cm³/mol. The lowest BCUT2D eigenvalue weighted by Gasteiger charge is -2.20. The Kier molecular flexibility index (Phi) is 7.53. The smallest absolute Gasteiger partial charge is 0.175 e. The van der Waals surface area contributed by atoms with Crippen LogP contribution in [-0.4, -0.2) is 35.1 Å². The van der Waals surface area contributed by atoms with Crippen molar-refractivity contribution >= 4 is 72.6 Å². The molecule has 0 saturated heterocycles. The number of nitrogens with zero attached hydrogens (tertiary/aromatic N) is 4. The van der Waals surface area contributed by atoms with Crippen molar-refractivity contribution in [3.8, 4) is 6.07 Å². The zero-order chi connectivity index (χ0) is 28.6. The quantitative estimate of drug-likeness (QED) is 0.172. The zero-order valence-electron chi connectivity index (χ0n) is 20.4. The van der Waals surface area contributed by atoms with Crippen LogP contribution in [0.2, 0.25) is 15.1 Å². The lowest BCUT2D eigenvalue weighted by Crippen LogP contribution is -2.14. The predicted octanol–water partition coefficient (Wildman–Crippen LogP) is 6.67. The van der Waals surface area contributed by atoms with E-state index in [0.29, 0.717) is 27.8 Å². The molecule has 202 valence electrons. The summed E-state index contributed by atoms with van der Waals surface area (Å²) in [5.74, 6) is -0.791. The molecule has 5 aromatic rings. The van der Waals surface area contributed by atoms with Crippen LogP contribution in [0.25, 0.3) is 10.9 Å². The second-order valence-electron chi connectivity index (χ2n) is 8.68. The largest absolute Gasteiger partial charge is 0.373 e. The first-order valence-electron chi connectivity index (χ1n) is 11.4. The van der Waals surface area contributed by atoms with Gasteiger partial charge in [-0.1, -0.05) is 52.1 Å². The molecule has 40 heavy (non-hydrogen) atoms. The molecular weight excluding hydrogens is 600 g/mol. The molecule has 0 aliphatic heterocycles. The fourth-order valence-corrected chi connectivity index (χ4v) is 5.35. The summed E-state index contributed by atoms with van der Waals surface area (Å²) in [6.45, 7) is 0. The summed E-state index contributed by atoms with van der Waals surface area (Å²) in [4.78, 5) is 4.45. The van der Waals surface area contributed by atoms with Gasteiger partial charge in [0, 0.05) is 29.7 Å². The highest BCUT2D eigenvalue weighted by Gasteiger charge is 2.21. The van der Waals surface area contributed by atoms with Crippen LogP contribution in [0, 0.1) is 17.1 Å². The molecule has 0 fully saturated rings. The minimum atomic E-state index is -3.48. The zero-order valence-corrected chi connectivity index (χ0v) is 23.5. The number of benzene rings is 3. The van der Waals surface area contributed by atoms with Crippen molar-refractivity contribution in [3.63, 3.8) is 0 Å². The second-order valence-corrected chi connectivity index (χ2v) is 11.9. The summed E-state index contributed by atoms with van der Waals surface area (Å²) in [5.41, 5.74) is 2.25. The highest BCUT2D eigenvalue weighted by Crippen LogP contribution is 2.38. The minimum Gasteiger partial charge on any atom is -0.373 e. The summed E-state index contributed by atoms with van der Waals surface area (Å²) in [6.07, 6.45) is 4.02. The van der Waals surface area contributed by atoms with Crippen molar-refractivity contribution in [1.82, 2.24) is 20.4 Å². The van der Waals surface area contributed by atoms with Crippen LogP contribution in [0.5, 0.6) is 0 Å². The Hall–Kier alpha value is -3.95. The van der Waals surface area contributed by atoms with Gasteiger partial charge in [0.15, 0.2) is 15.7 Å². The van der Waals surface area contributed by atoms with Gasteiger partial charge in [-0.3, -0.25) is 10.1 Å². The number of nitriles is 1. The van der Waals surface area contributed by atoms with E-state index in [4.69, 9.17) is 34.8 Å². The maximum absolute atomic E-state index is 14.9. The van der Waals surface area contributed by atoms with Crippen LogP contribution in [0.4, 0.5) is 21.5 Å². The average Bonchev–Trinajstić information content (AvgIpc) is 3.46. The van der Waals surface area contributed by atoms with Gasteiger partial charge in [-0.05, 0) is 42.0 Å². The first-order chi connectivity index (χ1) is 19.1. The SMILES string of the molecule is CS(=O)(=O)c1cccc(C(Nc2cc(Cl)c3ncc(C#N)c(Nc4ccc(Cl)c(Cl)c4F)c3c2)c2c[nH]nn2)c1. The third-order valence-electron chi connectivity index (χ3n) is 6.00. The van der Waals surface area contributed by atoms with Crippen LogP contribution >= 0.6 is 34.8 Å². The summed E-state index contributed by atoms with van der Waals surface area (Å²) in [5, 5.41) is 27.0. The lowest BCUT2D eigenvalue weighted by molar-refractivity contribution is 0.601. The normalized spacial score (nSPS) is 12.2. The van der Waals surface area contributed by atoms with Crippen LogP contribution in [0.15, 0.2) is 65.8 Å². The van der Waals surface area contributed by atoms with Gasteiger partial charge in [0.1, 0.15) is 11.8 Å². The van der Waals surface area contributed by atoms with E-state index in [2.05, 4.69) is 37.1 Å². The molecule has 3 aromatic carbocycles. The molecule has 2 aromatic heterocycles. The van der Waals surface area contributed by atoms with E-state index in [1.165, 1.54) is 24.4 Å². The fourth-order valence-electron chi connectivity index (χ4n) is 4.09. The Morgan fingerprint density at radius 1 is 1.10 bits per heavy atom. The molecule has 14 heteroatoms. The Morgan fingerprint density at radius 3 is 2.60 bits per heavy atom. The first kappa shape index (κ1) is 27.6. The fraction of sp³-hybridized carbons (Fsp3) is 0.0769. The topological polar surface area (TPSA) is 136 Å². The number of aromatic nitrogens is 4. The van der Waals surface area contributed by atoms with Gasteiger partial charge in [0.05, 0.1) is 48.5 Å². The van der Waals surface area contributed by atoms with Crippen molar-refractivity contribution in [2.45, 2.75) is 10.9 Å². The van der Waals surface area contributed by atoms with Crippen LogP contribution in [-0.2, 0) is 9.84 Å². The number of aromatic amines is 1. The van der Waals surface area contributed by atoms with Crippen molar-refractivity contribution < 1.29 is 12.8 Å². The first-order valence-corrected chi connectivity index (χ1v) is 14.4. The van der Waals surface area contributed by atoms with Gasteiger partial charge in [0.25, 0.3) is 0 Å². The molecule has 0 aliphatic carbocycles. The number of hydrogen-bond donors (Lipinski definition) is 3. The number of sulfone groups is 1. The number of halogens is 4. The highest BCUT2D eigenvalue weighted by molar-refractivity contribution is 7.90. The van der Waals surface area contributed by atoms with E-state index in [1.54, 1.807) is 36.5 Å². The number of H-pyrrole nitrogens is 1. The number of hydrogen-bond acceptors (Lipinski definition) is 8. The highest BCUT2D eigenvalue weighted by atomic mass is 35.5. The lowest BCUT2D eigenvalue weighted by atomic mass is 10.0. The van der Waals surface area contributed by atoms with E-state index in [1.807, 2.05) is 0 Å². The summed E-state index contributed by atoms with van der Waals surface area (Å²) in [6, 6.07) is 14.0. The summed E-state index contributed by atoms with van der Waals surface area (Å²) < 4.78 is 39.3. The molecule has 1 unspecified atom stereocenters. The molecule has 5 rings (SSSR count). The van der Waals surface area contributed by atoms with Gasteiger partial charge in [-0.15, -0.1) is 5.10 Å². The van der Waals surface area contributed by atoms with E-state index in [-0.39, 0.29) is 36.9 Å². The number of pyridine rings is 1. The third kappa shape index (κ3) is 5.39. The van der Waals surface area contributed by atoms with Gasteiger partial charge < -0.3 is 10.6 Å². The van der Waals surface area contributed by atoms with Crippen molar-refractivity contribution in [2.24, 2.45) is 0 Å². The Labute approximate surface area is 242 Å². The van der Waals surface area contributed by atoms with Crippen molar-refractivity contribution in [3.05, 3.63) is 98.6 Å². The van der Waals surface area contributed by atoms with Gasteiger partial charge in [-0.25, -0.2) is 12.8 Å². The van der Waals surface area contributed by atoms with E-state index >= 15 is 0 Å². The number of nitrogens with one attached hydrogen (secondary N) is 3. The van der Waals surface area contributed by atoms with E-state index in [9.17, 15) is 18.1 Å². The standard InChI is InChI=1S/C26H17Cl3FN7O2S/c1-40(38,39)16-4-2-3-13(7-16)25(21-12-33-37-36-21)34-15-8-17-24(14(10-31)11-32-26(17)19(28)9-15)35-20-6-5-18(27)22(29)23(20)30/h2-9,11-12,25,34H,1H3,(H,32,35)(H,33,36,37). The second kappa shape index (κ2) is 10.9. The van der Waals surface area contributed by atoms with E-state index in [0.717, 1.165) is 6.26 Å². The molecule has 3 N–H and O–H groups in total. The van der Waals surface area contributed by atoms with Crippen LogP contribution in [0.1, 0.15) is 22.9 Å². The molecule has 0 radical (unpaired) electrons. The number of rotatable bonds is 7. The molecule has 1 atom stereocenters. The Bertz CT molecular complexity index is 1910. The molecular formula is C26H17Cl3FN7O2S.